The Morgan fingerprint density at radius 3 is 2.73 bits per heavy atom. The largest absolute Gasteiger partial charge is 0.486 e. The number of carbonyl (C=O) groups is 1. The van der Waals surface area contributed by atoms with E-state index in [1.54, 1.807) is 36.5 Å². The highest BCUT2D eigenvalue weighted by Gasteiger charge is 2.15. The molecule has 1 amide bonds. The fourth-order valence-electron chi connectivity index (χ4n) is 1.94. The van der Waals surface area contributed by atoms with Gasteiger partial charge < -0.3 is 14.8 Å². The predicted molar refractivity (Wildman–Crippen MR) is 85.4 cm³/mol. The van der Waals surface area contributed by atoms with Gasteiger partial charge in [0.25, 0.3) is 5.91 Å². The van der Waals surface area contributed by atoms with Crippen molar-refractivity contribution in [1.82, 2.24) is 10.3 Å². The first-order valence-electron chi connectivity index (χ1n) is 6.65. The zero-order valence-electron chi connectivity index (χ0n) is 11.5. The molecule has 0 atom stereocenters. The van der Waals surface area contributed by atoms with E-state index in [1.807, 2.05) is 6.07 Å². The maximum Gasteiger partial charge on any atom is 0.257 e. The van der Waals surface area contributed by atoms with Crippen LogP contribution >= 0.6 is 12.2 Å². The number of fused-ring (bicyclic) bond motifs is 1. The van der Waals surface area contributed by atoms with Crippen molar-refractivity contribution in [3.05, 3.63) is 48.2 Å². The number of rotatable bonds is 2. The second kappa shape index (κ2) is 6.40. The molecule has 1 aromatic heterocycles. The minimum atomic E-state index is -0.328. The lowest BCUT2D eigenvalue weighted by atomic mass is 10.2. The summed E-state index contributed by atoms with van der Waals surface area (Å²) >= 11 is 5.09. The van der Waals surface area contributed by atoms with E-state index in [4.69, 9.17) is 21.7 Å². The van der Waals surface area contributed by atoms with Crippen LogP contribution in [-0.2, 0) is 0 Å². The molecule has 0 spiro atoms. The summed E-state index contributed by atoms with van der Waals surface area (Å²) in [5.41, 5.74) is 0.439. The van der Waals surface area contributed by atoms with Crippen molar-refractivity contribution in [3.8, 4) is 11.5 Å². The summed E-state index contributed by atoms with van der Waals surface area (Å²) in [5, 5.41) is 5.61. The van der Waals surface area contributed by atoms with E-state index in [2.05, 4.69) is 15.6 Å². The smallest absolute Gasteiger partial charge is 0.257 e. The van der Waals surface area contributed by atoms with Crippen LogP contribution in [0.15, 0.2) is 42.6 Å². The Kier molecular flexibility index (Phi) is 4.15. The van der Waals surface area contributed by atoms with E-state index in [9.17, 15) is 4.79 Å². The molecule has 0 saturated heterocycles. The summed E-state index contributed by atoms with van der Waals surface area (Å²) < 4.78 is 10.9. The van der Waals surface area contributed by atoms with Crippen molar-refractivity contribution in [1.29, 1.82) is 0 Å². The first-order chi connectivity index (χ1) is 10.7. The van der Waals surface area contributed by atoms with Gasteiger partial charge in [-0.3, -0.25) is 10.1 Å². The average Bonchev–Trinajstić information content (AvgIpc) is 2.55. The molecule has 0 fully saturated rings. The molecule has 22 heavy (non-hydrogen) atoms. The molecule has 2 aromatic rings. The van der Waals surface area contributed by atoms with E-state index in [-0.39, 0.29) is 11.0 Å². The number of pyridine rings is 1. The number of carbonyl (C=O) groups excluding carboxylic acids is 1. The van der Waals surface area contributed by atoms with Gasteiger partial charge in [0.2, 0.25) is 0 Å². The molecule has 0 bridgehead atoms. The van der Waals surface area contributed by atoms with Crippen molar-refractivity contribution in [2.75, 3.05) is 18.5 Å². The topological polar surface area (TPSA) is 72.5 Å². The van der Waals surface area contributed by atoms with Gasteiger partial charge in [-0.1, -0.05) is 6.07 Å². The summed E-state index contributed by atoms with van der Waals surface area (Å²) in [5.74, 6) is 1.43. The highest BCUT2D eigenvalue weighted by atomic mass is 32.1. The lowest BCUT2D eigenvalue weighted by molar-refractivity contribution is 0.0976. The molecular weight excluding hydrogens is 302 g/mol. The van der Waals surface area contributed by atoms with Gasteiger partial charge in [0.1, 0.15) is 19.0 Å². The third kappa shape index (κ3) is 3.32. The van der Waals surface area contributed by atoms with Crippen LogP contribution in [0.3, 0.4) is 0 Å². The Labute approximate surface area is 132 Å². The number of thiocarbonyl (C=S) groups is 1. The Balaban J connectivity index is 1.65. The molecule has 2 N–H and O–H groups in total. The van der Waals surface area contributed by atoms with E-state index >= 15 is 0 Å². The minimum Gasteiger partial charge on any atom is -0.486 e. The van der Waals surface area contributed by atoms with Crippen molar-refractivity contribution < 1.29 is 14.3 Å². The maximum absolute atomic E-state index is 12.2. The average molecular weight is 315 g/mol. The number of hydrogen-bond acceptors (Lipinski definition) is 5. The molecule has 112 valence electrons. The van der Waals surface area contributed by atoms with Crippen LogP contribution in [0.1, 0.15) is 10.4 Å². The molecule has 0 saturated carbocycles. The van der Waals surface area contributed by atoms with Crippen LogP contribution in [0.4, 0.5) is 5.82 Å². The maximum atomic E-state index is 12.2. The van der Waals surface area contributed by atoms with Crippen LogP contribution in [0.2, 0.25) is 0 Å². The van der Waals surface area contributed by atoms with Crippen molar-refractivity contribution >= 4 is 29.1 Å². The van der Waals surface area contributed by atoms with Crippen molar-refractivity contribution in [2.45, 2.75) is 0 Å². The Morgan fingerprint density at radius 1 is 1.14 bits per heavy atom. The summed E-state index contributed by atoms with van der Waals surface area (Å²) in [6.07, 6.45) is 1.63. The Bertz CT molecular complexity index is 706. The monoisotopic (exact) mass is 315 g/mol. The number of aromatic nitrogens is 1. The third-order valence-corrected chi connectivity index (χ3v) is 3.14. The van der Waals surface area contributed by atoms with Crippen molar-refractivity contribution in [3.63, 3.8) is 0 Å². The summed E-state index contributed by atoms with van der Waals surface area (Å²) in [4.78, 5) is 16.2. The van der Waals surface area contributed by atoms with Crippen LogP contribution < -0.4 is 20.1 Å². The predicted octanol–water partition coefficient (Wildman–Crippen LogP) is 1.98. The van der Waals surface area contributed by atoms with E-state index in [1.165, 1.54) is 0 Å². The Hall–Kier alpha value is -2.67. The molecule has 1 aromatic carbocycles. The molecular formula is C15H13N3O3S. The fraction of sp³-hybridized carbons (Fsp3) is 0.133. The molecule has 1 aliphatic rings. The number of amides is 1. The SMILES string of the molecule is O=C(NC(=S)Nc1ccccn1)c1ccc2c(c1)OCCO2. The highest BCUT2D eigenvalue weighted by molar-refractivity contribution is 7.80. The normalized spacial score (nSPS) is 12.4. The van der Waals surface area contributed by atoms with Crippen molar-refractivity contribution in [2.24, 2.45) is 0 Å². The number of benzene rings is 1. The van der Waals surface area contributed by atoms with Gasteiger partial charge in [-0.2, -0.15) is 0 Å². The standard InChI is InChI=1S/C15H13N3O3S/c19-14(18-15(22)17-13-3-1-2-6-16-13)10-4-5-11-12(9-10)21-8-7-20-11/h1-6,9H,7-8H2,(H2,16,17,18,19,22). The number of nitrogens with zero attached hydrogens (tertiary/aromatic N) is 1. The van der Waals surface area contributed by atoms with Crippen LogP contribution in [0.5, 0.6) is 11.5 Å². The van der Waals surface area contributed by atoms with Crippen LogP contribution in [-0.4, -0.2) is 29.2 Å². The van der Waals surface area contributed by atoms with Gasteiger partial charge in [0.15, 0.2) is 16.6 Å². The number of anilines is 1. The van der Waals surface area contributed by atoms with Gasteiger partial charge in [0, 0.05) is 11.8 Å². The quantitative estimate of drug-likeness (QED) is 0.826. The first-order valence-corrected chi connectivity index (χ1v) is 7.06. The number of hydrogen-bond donors (Lipinski definition) is 2. The molecule has 0 unspecified atom stereocenters. The van der Waals surface area contributed by atoms with E-state index in [0.29, 0.717) is 36.1 Å². The Morgan fingerprint density at radius 2 is 1.95 bits per heavy atom. The fourth-order valence-corrected chi connectivity index (χ4v) is 2.14. The zero-order valence-corrected chi connectivity index (χ0v) is 12.4. The second-order valence-electron chi connectivity index (χ2n) is 4.48. The highest BCUT2D eigenvalue weighted by Crippen LogP contribution is 2.30. The van der Waals surface area contributed by atoms with Crippen LogP contribution in [0.25, 0.3) is 0 Å². The zero-order chi connectivity index (χ0) is 15.4. The van der Waals surface area contributed by atoms with Gasteiger partial charge in [0.05, 0.1) is 0 Å². The van der Waals surface area contributed by atoms with Gasteiger partial charge in [-0.15, -0.1) is 0 Å². The number of ether oxygens (including phenoxy) is 2. The molecule has 3 rings (SSSR count). The summed E-state index contributed by atoms with van der Waals surface area (Å²) in [6, 6.07) is 10.4. The van der Waals surface area contributed by atoms with Gasteiger partial charge >= 0.3 is 0 Å². The lowest BCUT2D eigenvalue weighted by Gasteiger charge is -2.18. The third-order valence-electron chi connectivity index (χ3n) is 2.94. The summed E-state index contributed by atoms with van der Waals surface area (Å²) in [7, 11) is 0. The van der Waals surface area contributed by atoms with Gasteiger partial charge in [-0.05, 0) is 42.5 Å². The van der Waals surface area contributed by atoms with Crippen LogP contribution in [0, 0.1) is 0 Å². The molecule has 0 aliphatic carbocycles. The molecule has 2 heterocycles. The second-order valence-corrected chi connectivity index (χ2v) is 4.89. The molecule has 7 heteroatoms. The van der Waals surface area contributed by atoms with Gasteiger partial charge in [-0.25, -0.2) is 4.98 Å². The number of nitrogens with one attached hydrogen (secondary N) is 2. The van der Waals surface area contributed by atoms with E-state index in [0.717, 1.165) is 0 Å². The molecule has 1 aliphatic heterocycles. The van der Waals surface area contributed by atoms with E-state index < -0.39 is 0 Å². The summed E-state index contributed by atoms with van der Waals surface area (Å²) in [6.45, 7) is 0.980. The molecule has 6 nitrogen and oxygen atoms in total. The molecule has 0 radical (unpaired) electrons. The minimum absolute atomic E-state index is 0.179. The lowest BCUT2D eigenvalue weighted by Crippen LogP contribution is -2.34. The first kappa shape index (κ1) is 14.3.